The van der Waals surface area contributed by atoms with E-state index in [-0.39, 0.29) is 273 Å². The van der Waals surface area contributed by atoms with Crippen molar-refractivity contribution in [2.24, 2.45) is 5.41 Å². The van der Waals surface area contributed by atoms with E-state index in [0.717, 1.165) is 0 Å². The quantitative estimate of drug-likeness (QED) is 0.0576. The Morgan fingerprint density at radius 1 is 0.429 bits per heavy atom. The molecule has 0 aliphatic rings. The number of amides is 3. The average molecular weight is 1450 g/mol. The predicted octanol–water partition coefficient (Wildman–Crippen LogP) is 3.49. The third-order valence-electron chi connectivity index (χ3n) is 7.91. The van der Waals surface area contributed by atoms with Gasteiger partial charge in [-0.1, -0.05) is 0 Å². The number of ether oxygens (including phenoxy) is 7. The van der Waals surface area contributed by atoms with Crippen LogP contribution in [0.1, 0.15) is 117 Å². The van der Waals surface area contributed by atoms with Crippen LogP contribution in [0.25, 0.3) is 0 Å². The molecule has 0 aliphatic carbocycles. The smallest absolute Gasteiger partial charge is 0.255 e. The second-order valence-corrected chi connectivity index (χ2v) is 15.9. The van der Waals surface area contributed by atoms with Crippen molar-refractivity contribution >= 4 is 53.4 Å². The van der Waals surface area contributed by atoms with Gasteiger partial charge in [-0.05, 0) is 27.7 Å². The number of Topliss-reactive ketones (excluding diaryl/α,β-unsaturated/α-hetero) is 1. The van der Waals surface area contributed by atoms with E-state index < -0.39 is 46.7 Å². The molecular formula is C45H75N3O16Y6-6. The molecule has 0 spiro atoms. The molecule has 0 saturated carbocycles. The Kier molecular flexibility index (Phi) is 67.7. The Labute approximate surface area is 569 Å². The van der Waals surface area contributed by atoms with Gasteiger partial charge in [-0.25, -0.2) is 0 Å². The Morgan fingerprint density at radius 3 is 1.10 bits per heavy atom. The van der Waals surface area contributed by atoms with E-state index in [4.69, 9.17) is 28.4 Å². The first-order valence-electron chi connectivity index (χ1n) is 20.9. The molecule has 0 saturated heterocycles. The first kappa shape index (κ1) is 90.7. The maximum absolute atomic E-state index is 12.1. The van der Waals surface area contributed by atoms with Crippen molar-refractivity contribution in [1.29, 1.82) is 0 Å². The summed E-state index contributed by atoms with van der Waals surface area (Å²) >= 11 is 0. The summed E-state index contributed by atoms with van der Waals surface area (Å²) in [5.41, 5.74) is -2.66. The van der Waals surface area contributed by atoms with Gasteiger partial charge in [0.15, 0.2) is 35.4 Å². The second-order valence-electron chi connectivity index (χ2n) is 15.9. The van der Waals surface area contributed by atoms with Crippen molar-refractivity contribution in [2.45, 2.75) is 123 Å². The van der Waals surface area contributed by atoms with Crippen molar-refractivity contribution in [3.63, 3.8) is 0 Å². The number of nitrogens with one attached hydrogen (secondary N) is 3. The molecule has 0 heterocycles. The molecule has 390 valence electrons. The van der Waals surface area contributed by atoms with Crippen LogP contribution < -0.4 is 16.0 Å². The number of hydrogen-bond donors (Lipinski definition) is 3. The van der Waals surface area contributed by atoms with Crippen LogP contribution in [0.2, 0.25) is 0 Å². The van der Waals surface area contributed by atoms with Gasteiger partial charge in [0.1, 0.15) is 33.0 Å². The van der Waals surface area contributed by atoms with Gasteiger partial charge in [0.25, 0.3) is 5.91 Å². The van der Waals surface area contributed by atoms with Crippen molar-refractivity contribution in [3.05, 3.63) is 35.5 Å². The number of carbonyl (C=O) groups is 9. The number of rotatable bonds is 28. The number of hydrogen-bond acceptors (Lipinski definition) is 16. The molecule has 0 bridgehead atoms. The molecule has 6 radical (unpaired) electrons. The summed E-state index contributed by atoms with van der Waals surface area (Å²) in [7, 11) is 0. The SMILES string of the molecule is CCNC(=O)C(C)(COC(=O)[C-](C)C)OCC(=O)[C-](C)C.CCNC(=O)CCNC(=O)COCC(COC(=O)[C-](C)C)(COC(=O)[C-](C)C)COC(=O)[C-](C)C.CCOC(=O)[C-](C)C.[Y].[Y].[Y].[Y].[Y].[Y]. The third kappa shape index (κ3) is 46.5. The first-order chi connectivity index (χ1) is 29.6. The molecule has 25 heteroatoms. The number of likely N-dealkylation sites (N-methyl/N-ethyl adjacent to an activating group) is 1. The minimum atomic E-state index is -1.40. The molecule has 3 amide bonds. The van der Waals surface area contributed by atoms with E-state index in [2.05, 4.69) is 20.7 Å². The summed E-state index contributed by atoms with van der Waals surface area (Å²) in [6.07, 6.45) is 0.123. The standard InChI is InChI=1S/C24H39N2O9.C15H25NO5.C6H11O2.6Y/c1-8-25-19(27)9-10-26-20(28)11-32-12-24(13-33-21(29)16(2)3,14-34-22(30)17(4)5)15-35-23(31)18(6)7;1-7-16-14(19)15(6,9-20-13(18)11(4)5)21-8-12(17)10(2)3;1-4-8-6(7)5(2)3;;;;;;/h8-15H2,1-7H3,(H,25,27)(H,26,28);7-9H2,1-6H3,(H,16,19);4H2,1-3H3;;;;;;/q-3;-2;-1;;;;;;. The molecule has 3 N–H and O–H groups in total. The van der Waals surface area contributed by atoms with Crippen molar-refractivity contribution in [3.8, 4) is 0 Å². The largest absolute Gasteiger partial charge is 0.488 e. The Bertz CT molecular complexity index is 1390. The van der Waals surface area contributed by atoms with Crippen LogP contribution in [0, 0.1) is 40.9 Å². The fourth-order valence-electron chi connectivity index (χ4n) is 3.86. The van der Waals surface area contributed by atoms with Crippen LogP contribution in [0.4, 0.5) is 0 Å². The molecule has 0 aromatic rings. The molecule has 1 atom stereocenters. The predicted molar refractivity (Wildman–Crippen MR) is 236 cm³/mol. The fraction of sp³-hybridized carbons (Fsp3) is 0.667. The summed E-state index contributed by atoms with van der Waals surface area (Å²) in [5, 5.41) is 7.80. The minimum Gasteiger partial charge on any atom is -0.488 e. The van der Waals surface area contributed by atoms with Gasteiger partial charge in [0.05, 0.1) is 25.2 Å². The van der Waals surface area contributed by atoms with Crippen LogP contribution >= 0.6 is 0 Å². The zero-order valence-corrected chi connectivity index (χ0v) is 61.5. The van der Waals surface area contributed by atoms with E-state index in [1.807, 2.05) is 0 Å². The van der Waals surface area contributed by atoms with Crippen molar-refractivity contribution in [2.75, 3.05) is 72.5 Å². The van der Waals surface area contributed by atoms with Crippen LogP contribution in [0.3, 0.4) is 0 Å². The van der Waals surface area contributed by atoms with Gasteiger partial charge < -0.3 is 59.8 Å². The van der Waals surface area contributed by atoms with Crippen LogP contribution in [-0.2, 0) is 273 Å². The zero-order chi connectivity index (χ0) is 50.2. The molecule has 1 unspecified atom stereocenters. The topological polar surface area (TPSA) is 254 Å². The van der Waals surface area contributed by atoms with Crippen LogP contribution in [0.5, 0.6) is 0 Å². The molecule has 0 aromatic carbocycles. The molecule has 0 rings (SSSR count). The molecule has 0 aromatic heterocycles. The van der Waals surface area contributed by atoms with Crippen molar-refractivity contribution in [1.82, 2.24) is 16.0 Å². The average Bonchev–Trinajstić information content (AvgIpc) is 3.22. The van der Waals surface area contributed by atoms with E-state index >= 15 is 0 Å². The Hall–Kier alpha value is 1.19. The van der Waals surface area contributed by atoms with Gasteiger partial charge in [-0.2, -0.15) is 83.1 Å². The normalized spacial score (nSPS) is 10.2. The van der Waals surface area contributed by atoms with E-state index in [1.165, 1.54) is 6.92 Å². The fourth-order valence-corrected chi connectivity index (χ4v) is 3.86. The first-order valence-corrected chi connectivity index (χ1v) is 20.9. The molecule has 0 fully saturated rings. The molecule has 19 nitrogen and oxygen atoms in total. The number of ketones is 1. The third-order valence-corrected chi connectivity index (χ3v) is 7.91. The number of esters is 5. The van der Waals surface area contributed by atoms with Gasteiger partial charge in [0.2, 0.25) is 11.8 Å². The van der Waals surface area contributed by atoms with Crippen LogP contribution in [0.15, 0.2) is 0 Å². The maximum atomic E-state index is 12.1. The minimum absolute atomic E-state index is 0. The van der Waals surface area contributed by atoms with Gasteiger partial charge in [-0.3, -0.25) is 67.9 Å². The van der Waals surface area contributed by atoms with E-state index in [1.54, 1.807) is 104 Å². The maximum Gasteiger partial charge on any atom is 0.255 e. The Balaban J connectivity index is -0.000000130. The van der Waals surface area contributed by atoms with Gasteiger partial charge in [-0.15, -0.1) is 0 Å². The monoisotopic (exact) mass is 1450 g/mol. The summed E-state index contributed by atoms with van der Waals surface area (Å²) in [6, 6.07) is 0. The van der Waals surface area contributed by atoms with Gasteiger partial charge >= 0.3 is 0 Å². The van der Waals surface area contributed by atoms with Crippen molar-refractivity contribution < 1.29 is 273 Å². The number of carbonyl (C=O) groups excluding carboxylic acids is 9. The Morgan fingerprint density at radius 2 is 0.786 bits per heavy atom. The second kappa shape index (κ2) is 52.3. The van der Waals surface area contributed by atoms with Gasteiger partial charge in [0, 0.05) is 228 Å². The van der Waals surface area contributed by atoms with E-state index in [0.29, 0.717) is 55.2 Å². The zero-order valence-electron chi connectivity index (χ0n) is 44.5. The molecular weight excluding hydrogens is 1370 g/mol. The summed E-state index contributed by atoms with van der Waals surface area (Å²) < 4.78 is 36.6. The molecule has 0 aliphatic heterocycles. The van der Waals surface area contributed by atoms with E-state index in [9.17, 15) is 43.2 Å². The summed E-state index contributed by atoms with van der Waals surface area (Å²) in [6.45, 7) is 25.9. The summed E-state index contributed by atoms with van der Waals surface area (Å²) in [4.78, 5) is 105. The molecule has 70 heavy (non-hydrogen) atoms. The van der Waals surface area contributed by atoms with Crippen LogP contribution in [-0.4, -0.2) is 131 Å². The summed E-state index contributed by atoms with van der Waals surface area (Å²) in [5.74, 6) is -0.756.